The molecule has 5 nitrogen and oxygen atoms in total. The van der Waals surface area contributed by atoms with Crippen LogP contribution in [0.2, 0.25) is 5.02 Å². The monoisotopic (exact) mass is 274 g/mol. The van der Waals surface area contributed by atoms with Gasteiger partial charge in [0.25, 0.3) is 5.56 Å². The first kappa shape index (κ1) is 13.2. The highest BCUT2D eigenvalue weighted by atomic mass is 35.5. The molecule has 0 atom stereocenters. The third-order valence-corrected chi connectivity index (χ3v) is 2.80. The SMILES string of the molecule is C=N/C=C\C(=C/C)c1nc2cncc(Cl)c2c(=O)[nH]1. The van der Waals surface area contributed by atoms with E-state index in [1.807, 2.05) is 13.0 Å². The van der Waals surface area contributed by atoms with Gasteiger partial charge in [0.15, 0.2) is 0 Å². The van der Waals surface area contributed by atoms with Gasteiger partial charge in [0.05, 0.1) is 22.1 Å². The van der Waals surface area contributed by atoms with Crippen molar-refractivity contribution in [2.24, 2.45) is 4.99 Å². The fourth-order valence-electron chi connectivity index (χ4n) is 1.63. The number of nitrogens with one attached hydrogen (secondary N) is 1. The van der Waals surface area contributed by atoms with Crippen molar-refractivity contribution in [3.8, 4) is 0 Å². The van der Waals surface area contributed by atoms with Gasteiger partial charge in [-0.2, -0.15) is 0 Å². The number of aromatic nitrogens is 3. The molecule has 0 aliphatic carbocycles. The molecule has 0 unspecified atom stereocenters. The molecule has 0 spiro atoms. The topological polar surface area (TPSA) is 71.0 Å². The molecule has 19 heavy (non-hydrogen) atoms. The van der Waals surface area contributed by atoms with Gasteiger partial charge in [0, 0.05) is 18.0 Å². The summed E-state index contributed by atoms with van der Waals surface area (Å²) in [5.74, 6) is 0.434. The van der Waals surface area contributed by atoms with Crippen molar-refractivity contribution in [3.05, 3.63) is 51.9 Å². The molecule has 2 aromatic rings. The molecule has 2 heterocycles. The van der Waals surface area contributed by atoms with E-state index in [0.29, 0.717) is 16.7 Å². The lowest BCUT2D eigenvalue weighted by atomic mass is 10.2. The minimum atomic E-state index is -0.299. The minimum Gasteiger partial charge on any atom is -0.306 e. The third kappa shape index (κ3) is 2.61. The van der Waals surface area contributed by atoms with E-state index in [4.69, 9.17) is 11.6 Å². The number of pyridine rings is 1. The van der Waals surface area contributed by atoms with E-state index in [1.165, 1.54) is 18.6 Å². The number of aliphatic imine (C=N–C) groups is 1. The van der Waals surface area contributed by atoms with E-state index in [1.54, 1.807) is 6.08 Å². The molecule has 1 N–H and O–H groups in total. The zero-order valence-corrected chi connectivity index (χ0v) is 11.0. The molecule has 2 rings (SSSR count). The second-order valence-electron chi connectivity index (χ2n) is 3.67. The van der Waals surface area contributed by atoms with Crippen LogP contribution in [0.25, 0.3) is 16.5 Å². The van der Waals surface area contributed by atoms with Crippen LogP contribution in [-0.2, 0) is 0 Å². The Bertz CT molecular complexity index is 746. The van der Waals surface area contributed by atoms with E-state index in [-0.39, 0.29) is 10.6 Å². The maximum absolute atomic E-state index is 12.0. The molecule has 0 fully saturated rings. The molecule has 0 aliphatic heterocycles. The summed E-state index contributed by atoms with van der Waals surface area (Å²) in [6.45, 7) is 5.19. The van der Waals surface area contributed by atoms with Gasteiger partial charge in [-0.15, -0.1) is 0 Å². The number of fused-ring (bicyclic) bond motifs is 1. The molecular weight excluding hydrogens is 264 g/mol. The zero-order valence-electron chi connectivity index (χ0n) is 10.2. The Morgan fingerprint density at radius 3 is 3.00 bits per heavy atom. The molecular formula is C13H11ClN4O. The Morgan fingerprint density at radius 2 is 2.32 bits per heavy atom. The number of rotatable bonds is 3. The summed E-state index contributed by atoms with van der Waals surface area (Å²) in [6.07, 6.45) is 7.95. The zero-order chi connectivity index (χ0) is 13.8. The molecule has 2 aromatic heterocycles. The highest BCUT2D eigenvalue weighted by Crippen LogP contribution is 2.18. The smallest absolute Gasteiger partial charge is 0.260 e. The highest BCUT2D eigenvalue weighted by Gasteiger charge is 2.09. The second kappa shape index (κ2) is 5.58. The number of halogens is 1. The molecule has 0 aromatic carbocycles. The quantitative estimate of drug-likeness (QED) is 0.691. The van der Waals surface area contributed by atoms with Gasteiger partial charge < -0.3 is 4.98 Å². The number of nitrogens with zero attached hydrogens (tertiary/aromatic N) is 3. The van der Waals surface area contributed by atoms with Gasteiger partial charge in [0.2, 0.25) is 0 Å². The van der Waals surface area contributed by atoms with E-state index in [0.717, 1.165) is 5.57 Å². The van der Waals surface area contributed by atoms with E-state index in [9.17, 15) is 4.79 Å². The van der Waals surface area contributed by atoms with Gasteiger partial charge in [0.1, 0.15) is 5.82 Å². The Kier molecular flexibility index (Phi) is 3.87. The Hall–Kier alpha value is -2.27. The molecule has 0 amide bonds. The number of hydrogen-bond donors (Lipinski definition) is 1. The van der Waals surface area contributed by atoms with Crippen molar-refractivity contribution >= 4 is 34.8 Å². The predicted octanol–water partition coefficient (Wildman–Crippen LogP) is 2.59. The largest absolute Gasteiger partial charge is 0.306 e. The Labute approximate surface area is 114 Å². The minimum absolute atomic E-state index is 0.281. The number of hydrogen-bond acceptors (Lipinski definition) is 4. The van der Waals surface area contributed by atoms with Gasteiger partial charge in [-0.1, -0.05) is 17.7 Å². The second-order valence-corrected chi connectivity index (χ2v) is 4.08. The van der Waals surface area contributed by atoms with Crippen LogP contribution in [0, 0.1) is 0 Å². The number of allylic oxidation sites excluding steroid dienone is 3. The van der Waals surface area contributed by atoms with Crippen molar-refractivity contribution in [2.45, 2.75) is 6.92 Å². The number of aromatic amines is 1. The summed E-state index contributed by atoms with van der Waals surface area (Å²) in [7, 11) is 0. The van der Waals surface area contributed by atoms with Gasteiger partial charge in [-0.3, -0.25) is 14.8 Å². The lowest BCUT2D eigenvalue weighted by molar-refractivity contribution is 1.12. The van der Waals surface area contributed by atoms with Crippen LogP contribution in [0.4, 0.5) is 0 Å². The first-order chi connectivity index (χ1) is 9.17. The fourth-order valence-corrected chi connectivity index (χ4v) is 1.87. The summed E-state index contributed by atoms with van der Waals surface area (Å²) in [4.78, 5) is 26.6. The van der Waals surface area contributed by atoms with E-state index >= 15 is 0 Å². The Morgan fingerprint density at radius 1 is 1.53 bits per heavy atom. The molecule has 0 saturated carbocycles. The van der Waals surface area contributed by atoms with Crippen LogP contribution in [0.15, 0.2) is 40.5 Å². The summed E-state index contributed by atoms with van der Waals surface area (Å²) < 4.78 is 0. The molecule has 0 aliphatic rings. The first-order valence-corrected chi connectivity index (χ1v) is 5.87. The van der Waals surface area contributed by atoms with Crippen molar-refractivity contribution in [3.63, 3.8) is 0 Å². The predicted molar refractivity (Wildman–Crippen MR) is 77.5 cm³/mol. The fraction of sp³-hybridized carbons (Fsp3) is 0.0769. The average molecular weight is 275 g/mol. The lowest BCUT2D eigenvalue weighted by Crippen LogP contribution is -2.12. The van der Waals surface area contributed by atoms with Crippen molar-refractivity contribution in [1.82, 2.24) is 15.0 Å². The lowest BCUT2D eigenvalue weighted by Gasteiger charge is -2.03. The molecule has 0 bridgehead atoms. The number of H-pyrrole nitrogens is 1. The van der Waals surface area contributed by atoms with Gasteiger partial charge >= 0.3 is 0 Å². The molecule has 96 valence electrons. The molecule has 6 heteroatoms. The van der Waals surface area contributed by atoms with Crippen LogP contribution in [0.5, 0.6) is 0 Å². The van der Waals surface area contributed by atoms with Crippen molar-refractivity contribution in [1.29, 1.82) is 0 Å². The van der Waals surface area contributed by atoms with Crippen LogP contribution in [0.3, 0.4) is 0 Å². The summed E-state index contributed by atoms with van der Waals surface area (Å²) in [5.41, 5.74) is 0.878. The molecule has 0 radical (unpaired) electrons. The van der Waals surface area contributed by atoms with Crippen LogP contribution in [-0.4, -0.2) is 21.7 Å². The van der Waals surface area contributed by atoms with E-state index in [2.05, 4.69) is 26.7 Å². The normalized spacial score (nSPS) is 12.2. The summed E-state index contributed by atoms with van der Waals surface area (Å²) in [6, 6.07) is 0. The Balaban J connectivity index is 2.68. The average Bonchev–Trinajstić information content (AvgIpc) is 2.39. The van der Waals surface area contributed by atoms with Crippen LogP contribution in [0.1, 0.15) is 12.7 Å². The standard InChI is InChI=1S/C13H11ClN4O/c1-3-8(4-5-15-2)12-17-10-7-16-6-9(14)11(10)13(19)18-12/h3-7H,2H2,1H3,(H,17,18,19)/b5-4-,8-3+. The van der Waals surface area contributed by atoms with Crippen LogP contribution < -0.4 is 5.56 Å². The van der Waals surface area contributed by atoms with Gasteiger partial charge in [-0.25, -0.2) is 4.98 Å². The maximum atomic E-state index is 12.0. The van der Waals surface area contributed by atoms with Gasteiger partial charge in [-0.05, 0) is 19.7 Å². The van der Waals surface area contributed by atoms with Crippen LogP contribution >= 0.6 is 11.6 Å². The summed E-state index contributed by atoms with van der Waals surface area (Å²) in [5, 5.41) is 0.616. The highest BCUT2D eigenvalue weighted by molar-refractivity contribution is 6.35. The van der Waals surface area contributed by atoms with E-state index < -0.39 is 0 Å². The van der Waals surface area contributed by atoms with Crippen molar-refractivity contribution < 1.29 is 0 Å². The summed E-state index contributed by atoms with van der Waals surface area (Å²) >= 11 is 5.94. The van der Waals surface area contributed by atoms with Crippen molar-refractivity contribution in [2.75, 3.05) is 0 Å². The third-order valence-electron chi connectivity index (χ3n) is 2.51. The molecule has 0 saturated heterocycles. The first-order valence-electron chi connectivity index (χ1n) is 5.50. The maximum Gasteiger partial charge on any atom is 0.260 e.